The van der Waals surface area contributed by atoms with Crippen LogP contribution in [0.3, 0.4) is 0 Å². The summed E-state index contributed by atoms with van der Waals surface area (Å²) < 4.78 is 5.89. The first-order valence-corrected chi connectivity index (χ1v) is 9.69. The van der Waals surface area contributed by atoms with Crippen LogP contribution in [-0.2, 0) is 12.8 Å². The number of hydrogen-bond acceptors (Lipinski definition) is 5. The van der Waals surface area contributed by atoms with Gasteiger partial charge in [0.05, 0.1) is 6.04 Å². The molecule has 1 aromatic heterocycles. The Balaban J connectivity index is 1.31. The molecule has 0 aliphatic carbocycles. The van der Waals surface area contributed by atoms with Crippen LogP contribution in [0.25, 0.3) is 0 Å². The Kier molecular flexibility index (Phi) is 5.49. The van der Waals surface area contributed by atoms with Crippen molar-refractivity contribution in [3.8, 4) is 0 Å². The predicted molar refractivity (Wildman–Crippen MR) is 106 cm³/mol. The monoisotopic (exact) mass is 362 g/mol. The molecule has 27 heavy (non-hydrogen) atoms. The fourth-order valence-corrected chi connectivity index (χ4v) is 3.74. The van der Waals surface area contributed by atoms with Crippen molar-refractivity contribution in [2.24, 2.45) is 11.7 Å². The van der Waals surface area contributed by atoms with Gasteiger partial charge in [0, 0.05) is 13.1 Å². The van der Waals surface area contributed by atoms with Crippen molar-refractivity contribution in [3.05, 3.63) is 77.7 Å². The Morgan fingerprint density at radius 3 is 2.22 bits per heavy atom. The summed E-state index contributed by atoms with van der Waals surface area (Å²) in [6.45, 7) is 1.90. The van der Waals surface area contributed by atoms with Gasteiger partial charge in [-0.1, -0.05) is 65.8 Å². The zero-order valence-corrected chi connectivity index (χ0v) is 15.5. The first kappa shape index (κ1) is 17.7. The Labute approximate surface area is 160 Å². The third-order valence-electron chi connectivity index (χ3n) is 5.30. The SMILES string of the molecule is N[C@H](Cc1ccccc1)c1nnc(N2CCC(Cc3ccccc3)CC2)o1. The van der Waals surface area contributed by atoms with Crippen molar-refractivity contribution in [1.82, 2.24) is 10.2 Å². The lowest BCUT2D eigenvalue weighted by atomic mass is 9.90. The lowest BCUT2D eigenvalue weighted by Crippen LogP contribution is -2.34. The lowest BCUT2D eigenvalue weighted by molar-refractivity contribution is 0.376. The number of nitrogens with zero attached hydrogens (tertiary/aromatic N) is 3. The maximum absolute atomic E-state index is 6.26. The van der Waals surface area contributed by atoms with E-state index in [1.807, 2.05) is 18.2 Å². The highest BCUT2D eigenvalue weighted by atomic mass is 16.4. The topological polar surface area (TPSA) is 68.2 Å². The second kappa shape index (κ2) is 8.35. The zero-order chi connectivity index (χ0) is 18.5. The van der Waals surface area contributed by atoms with E-state index in [1.54, 1.807) is 0 Å². The van der Waals surface area contributed by atoms with Gasteiger partial charge in [-0.25, -0.2) is 0 Å². The smallest absolute Gasteiger partial charge is 0.318 e. The van der Waals surface area contributed by atoms with Gasteiger partial charge in [0.15, 0.2) is 0 Å². The summed E-state index contributed by atoms with van der Waals surface area (Å²) in [5.74, 6) is 1.23. The normalized spacial score (nSPS) is 16.4. The minimum Gasteiger partial charge on any atom is -0.406 e. The third-order valence-corrected chi connectivity index (χ3v) is 5.30. The van der Waals surface area contributed by atoms with Crippen LogP contribution in [0.5, 0.6) is 0 Å². The van der Waals surface area contributed by atoms with Crippen LogP contribution in [-0.4, -0.2) is 23.3 Å². The molecule has 2 N–H and O–H groups in total. The molecule has 3 aromatic rings. The van der Waals surface area contributed by atoms with Crippen molar-refractivity contribution < 1.29 is 4.42 Å². The third kappa shape index (κ3) is 4.55. The Hall–Kier alpha value is -2.66. The van der Waals surface area contributed by atoms with Gasteiger partial charge in [0.1, 0.15) is 0 Å². The van der Waals surface area contributed by atoms with E-state index in [0.29, 0.717) is 24.2 Å². The second-order valence-electron chi connectivity index (χ2n) is 7.34. The Morgan fingerprint density at radius 1 is 0.926 bits per heavy atom. The molecule has 1 saturated heterocycles. The molecule has 1 fully saturated rings. The molecule has 0 saturated carbocycles. The van der Waals surface area contributed by atoms with E-state index in [1.165, 1.54) is 11.1 Å². The number of rotatable bonds is 6. The summed E-state index contributed by atoms with van der Waals surface area (Å²) in [5.41, 5.74) is 8.86. The first-order valence-electron chi connectivity index (χ1n) is 9.69. The zero-order valence-electron chi connectivity index (χ0n) is 15.5. The minimum absolute atomic E-state index is 0.274. The van der Waals surface area contributed by atoms with E-state index < -0.39 is 0 Å². The standard InChI is InChI=1S/C22H26N4O/c23-20(16-18-9-5-2-6-10-18)21-24-25-22(27-21)26-13-11-19(12-14-26)15-17-7-3-1-4-8-17/h1-10,19-20H,11-16,23H2/t20-/m1/s1. The van der Waals surface area contributed by atoms with Crippen LogP contribution < -0.4 is 10.6 Å². The number of nitrogens with two attached hydrogens (primary N) is 1. The van der Waals surface area contributed by atoms with Gasteiger partial charge < -0.3 is 15.1 Å². The van der Waals surface area contributed by atoms with Gasteiger partial charge >= 0.3 is 6.01 Å². The van der Waals surface area contributed by atoms with Crippen LogP contribution in [0, 0.1) is 5.92 Å². The van der Waals surface area contributed by atoms with Crippen molar-refractivity contribution in [1.29, 1.82) is 0 Å². The van der Waals surface area contributed by atoms with Crippen LogP contribution in [0.15, 0.2) is 65.1 Å². The van der Waals surface area contributed by atoms with Gasteiger partial charge in [-0.05, 0) is 42.7 Å². The lowest BCUT2D eigenvalue weighted by Gasteiger charge is -2.30. The molecule has 0 unspecified atom stereocenters. The minimum atomic E-state index is -0.274. The molecule has 4 rings (SSSR count). The van der Waals surface area contributed by atoms with Crippen LogP contribution in [0.4, 0.5) is 6.01 Å². The van der Waals surface area contributed by atoms with Gasteiger partial charge in [-0.2, -0.15) is 0 Å². The van der Waals surface area contributed by atoms with Gasteiger partial charge in [-0.15, -0.1) is 5.10 Å². The molecule has 0 radical (unpaired) electrons. The molecule has 0 amide bonds. The molecule has 2 heterocycles. The van der Waals surface area contributed by atoms with E-state index in [0.717, 1.165) is 32.4 Å². The van der Waals surface area contributed by atoms with E-state index >= 15 is 0 Å². The van der Waals surface area contributed by atoms with Gasteiger partial charge in [0.2, 0.25) is 5.89 Å². The molecule has 0 bridgehead atoms. The second-order valence-corrected chi connectivity index (χ2v) is 7.34. The predicted octanol–water partition coefficient (Wildman–Crippen LogP) is 3.77. The highest BCUT2D eigenvalue weighted by Crippen LogP contribution is 2.26. The maximum atomic E-state index is 6.26. The summed E-state index contributed by atoms with van der Waals surface area (Å²) in [4.78, 5) is 2.19. The first-order chi connectivity index (χ1) is 13.3. The number of anilines is 1. The maximum Gasteiger partial charge on any atom is 0.318 e. The molecule has 5 nitrogen and oxygen atoms in total. The molecule has 1 aliphatic heterocycles. The highest BCUT2D eigenvalue weighted by molar-refractivity contribution is 5.26. The number of piperidine rings is 1. The van der Waals surface area contributed by atoms with Crippen LogP contribution >= 0.6 is 0 Å². The van der Waals surface area contributed by atoms with E-state index in [2.05, 4.69) is 57.6 Å². The van der Waals surface area contributed by atoms with Crippen molar-refractivity contribution >= 4 is 6.01 Å². The number of hydrogen-bond donors (Lipinski definition) is 1. The highest BCUT2D eigenvalue weighted by Gasteiger charge is 2.24. The summed E-state index contributed by atoms with van der Waals surface area (Å²) in [6, 6.07) is 21.2. The largest absolute Gasteiger partial charge is 0.406 e. The van der Waals surface area contributed by atoms with Crippen molar-refractivity contribution in [3.63, 3.8) is 0 Å². The fraction of sp³-hybridized carbons (Fsp3) is 0.364. The van der Waals surface area contributed by atoms with E-state index in [9.17, 15) is 0 Å². The van der Waals surface area contributed by atoms with E-state index in [-0.39, 0.29) is 6.04 Å². The molecule has 1 atom stereocenters. The quantitative estimate of drug-likeness (QED) is 0.723. The molecule has 0 spiro atoms. The molecule has 140 valence electrons. The van der Waals surface area contributed by atoms with E-state index in [4.69, 9.17) is 10.2 Å². The summed E-state index contributed by atoms with van der Waals surface area (Å²) in [7, 11) is 0. The summed E-state index contributed by atoms with van der Waals surface area (Å²) >= 11 is 0. The fourth-order valence-electron chi connectivity index (χ4n) is 3.74. The molecule has 5 heteroatoms. The average Bonchev–Trinajstić information content (AvgIpc) is 3.21. The van der Waals surface area contributed by atoms with Crippen LogP contribution in [0.2, 0.25) is 0 Å². The Morgan fingerprint density at radius 2 is 1.56 bits per heavy atom. The summed E-state index contributed by atoms with van der Waals surface area (Å²) in [6.07, 6.45) is 4.12. The molecular formula is C22H26N4O. The average molecular weight is 362 g/mol. The van der Waals surface area contributed by atoms with Gasteiger partial charge in [-0.3, -0.25) is 0 Å². The molecule has 1 aliphatic rings. The number of aromatic nitrogens is 2. The van der Waals surface area contributed by atoms with Crippen molar-refractivity contribution in [2.75, 3.05) is 18.0 Å². The molecule has 2 aromatic carbocycles. The van der Waals surface area contributed by atoms with Gasteiger partial charge in [0.25, 0.3) is 0 Å². The molecular weight excluding hydrogens is 336 g/mol. The summed E-state index contributed by atoms with van der Waals surface area (Å²) in [5, 5.41) is 8.43. The van der Waals surface area contributed by atoms with Crippen molar-refractivity contribution in [2.45, 2.75) is 31.7 Å². The van der Waals surface area contributed by atoms with Crippen LogP contribution in [0.1, 0.15) is 35.9 Å². The Bertz CT molecular complexity index is 826. The number of benzene rings is 2.